The van der Waals surface area contributed by atoms with Crippen LogP contribution in [-0.2, 0) is 0 Å². The van der Waals surface area contributed by atoms with Crippen molar-refractivity contribution in [3.8, 4) is 0 Å². The molecule has 2 nitrogen and oxygen atoms in total. The van der Waals surface area contributed by atoms with Gasteiger partial charge in [-0.2, -0.15) is 0 Å². The Morgan fingerprint density at radius 2 is 2.36 bits per heavy atom. The molecule has 1 N–H and O–H groups in total. The zero-order valence-electron chi connectivity index (χ0n) is 7.76. The lowest BCUT2D eigenvalue weighted by Gasteiger charge is -2.24. The summed E-state index contributed by atoms with van der Waals surface area (Å²) < 4.78 is 13.4. The zero-order chi connectivity index (χ0) is 9.97. The largest absolute Gasteiger partial charge is 0.310 e. The third kappa shape index (κ3) is 2.04. The summed E-state index contributed by atoms with van der Waals surface area (Å²) in [5, 5.41) is 3.63. The van der Waals surface area contributed by atoms with E-state index < -0.39 is 0 Å². The Balaban J connectivity index is 2.24. The minimum atomic E-state index is -0.270. The summed E-state index contributed by atoms with van der Waals surface area (Å²) in [7, 11) is 0. The SMILES string of the molecule is Fc1cnc(Cl)cc1[C@@H]1CCCCN1. The topological polar surface area (TPSA) is 24.9 Å². The van der Waals surface area contributed by atoms with E-state index in [1.165, 1.54) is 6.20 Å². The van der Waals surface area contributed by atoms with Gasteiger partial charge >= 0.3 is 0 Å². The number of piperidine rings is 1. The average Bonchev–Trinajstić information content (AvgIpc) is 2.23. The fourth-order valence-corrected chi connectivity index (χ4v) is 1.98. The van der Waals surface area contributed by atoms with Crippen LogP contribution in [-0.4, -0.2) is 11.5 Å². The van der Waals surface area contributed by atoms with Gasteiger partial charge in [-0.05, 0) is 25.5 Å². The van der Waals surface area contributed by atoms with E-state index in [-0.39, 0.29) is 11.9 Å². The maximum Gasteiger partial charge on any atom is 0.146 e. The molecule has 0 radical (unpaired) electrons. The van der Waals surface area contributed by atoms with Crippen LogP contribution in [0.25, 0.3) is 0 Å². The minimum Gasteiger partial charge on any atom is -0.310 e. The van der Waals surface area contributed by atoms with Crippen LogP contribution in [0, 0.1) is 5.82 Å². The summed E-state index contributed by atoms with van der Waals surface area (Å²) >= 11 is 5.73. The van der Waals surface area contributed by atoms with Gasteiger partial charge in [-0.25, -0.2) is 9.37 Å². The summed E-state index contributed by atoms with van der Waals surface area (Å²) in [6.45, 7) is 0.948. The van der Waals surface area contributed by atoms with Crippen LogP contribution in [0.4, 0.5) is 4.39 Å². The first kappa shape index (κ1) is 9.87. The van der Waals surface area contributed by atoms with Gasteiger partial charge in [0, 0.05) is 11.6 Å². The second-order valence-corrected chi connectivity index (χ2v) is 3.92. The first-order valence-electron chi connectivity index (χ1n) is 4.81. The zero-order valence-corrected chi connectivity index (χ0v) is 8.52. The summed E-state index contributed by atoms with van der Waals surface area (Å²) in [5.74, 6) is -0.270. The number of nitrogens with one attached hydrogen (secondary N) is 1. The second-order valence-electron chi connectivity index (χ2n) is 3.53. The van der Waals surface area contributed by atoms with Gasteiger partial charge in [-0.1, -0.05) is 18.0 Å². The fraction of sp³-hybridized carbons (Fsp3) is 0.500. The van der Waals surface area contributed by atoms with Crippen LogP contribution in [0.5, 0.6) is 0 Å². The predicted octanol–water partition coefficient (Wildman–Crippen LogP) is 2.69. The van der Waals surface area contributed by atoms with Crippen LogP contribution in [0.3, 0.4) is 0 Å². The third-order valence-electron chi connectivity index (χ3n) is 2.54. The van der Waals surface area contributed by atoms with Crippen molar-refractivity contribution in [1.82, 2.24) is 10.3 Å². The Kier molecular flexibility index (Phi) is 2.99. The number of aromatic nitrogens is 1. The summed E-state index contributed by atoms with van der Waals surface area (Å²) in [6, 6.07) is 1.71. The highest BCUT2D eigenvalue weighted by molar-refractivity contribution is 6.29. The number of hydrogen-bond acceptors (Lipinski definition) is 2. The van der Waals surface area contributed by atoms with Crippen LogP contribution in [0.15, 0.2) is 12.3 Å². The molecule has 1 aromatic rings. The molecule has 2 heterocycles. The Morgan fingerprint density at radius 1 is 1.50 bits per heavy atom. The quantitative estimate of drug-likeness (QED) is 0.728. The van der Waals surface area contributed by atoms with Gasteiger partial charge in [-0.15, -0.1) is 0 Å². The highest BCUT2D eigenvalue weighted by atomic mass is 35.5. The van der Waals surface area contributed by atoms with E-state index in [0.717, 1.165) is 25.8 Å². The Hall–Kier alpha value is -0.670. The highest BCUT2D eigenvalue weighted by Crippen LogP contribution is 2.26. The van der Waals surface area contributed by atoms with Crippen molar-refractivity contribution in [2.24, 2.45) is 0 Å². The number of halogens is 2. The van der Waals surface area contributed by atoms with Crippen molar-refractivity contribution in [3.63, 3.8) is 0 Å². The van der Waals surface area contributed by atoms with E-state index in [1.807, 2.05) is 0 Å². The molecule has 0 aliphatic carbocycles. The number of nitrogens with zero attached hydrogens (tertiary/aromatic N) is 1. The highest BCUT2D eigenvalue weighted by Gasteiger charge is 2.18. The van der Waals surface area contributed by atoms with Gasteiger partial charge in [0.1, 0.15) is 11.0 Å². The first-order chi connectivity index (χ1) is 6.77. The van der Waals surface area contributed by atoms with Crippen molar-refractivity contribution in [3.05, 3.63) is 28.8 Å². The molecule has 0 unspecified atom stereocenters. The van der Waals surface area contributed by atoms with Crippen molar-refractivity contribution >= 4 is 11.6 Å². The molecule has 2 rings (SSSR count). The van der Waals surface area contributed by atoms with Gasteiger partial charge in [0.2, 0.25) is 0 Å². The lowest BCUT2D eigenvalue weighted by atomic mass is 9.98. The molecule has 1 aliphatic rings. The van der Waals surface area contributed by atoms with Crippen molar-refractivity contribution in [1.29, 1.82) is 0 Å². The normalized spacial score (nSPS) is 22.3. The van der Waals surface area contributed by atoms with Gasteiger partial charge in [-0.3, -0.25) is 0 Å². The lowest BCUT2D eigenvalue weighted by Crippen LogP contribution is -2.27. The standard InChI is InChI=1S/C10H12ClFN2/c11-10-5-7(8(12)6-14-10)9-3-1-2-4-13-9/h5-6,9,13H,1-4H2/t9-/m0/s1. The maximum absolute atomic E-state index is 13.4. The van der Waals surface area contributed by atoms with E-state index in [4.69, 9.17) is 11.6 Å². The molecular formula is C10H12ClFN2. The summed E-state index contributed by atoms with van der Waals surface area (Å²) in [4.78, 5) is 3.70. The molecule has 0 aromatic carbocycles. The smallest absolute Gasteiger partial charge is 0.146 e. The number of hydrogen-bond donors (Lipinski definition) is 1. The minimum absolute atomic E-state index is 0.101. The number of pyridine rings is 1. The van der Waals surface area contributed by atoms with Crippen molar-refractivity contribution in [2.45, 2.75) is 25.3 Å². The van der Waals surface area contributed by atoms with Gasteiger partial charge in [0.15, 0.2) is 0 Å². The van der Waals surface area contributed by atoms with Crippen molar-refractivity contribution in [2.75, 3.05) is 6.54 Å². The van der Waals surface area contributed by atoms with E-state index in [2.05, 4.69) is 10.3 Å². The molecule has 14 heavy (non-hydrogen) atoms. The molecule has 1 atom stereocenters. The summed E-state index contributed by atoms with van der Waals surface area (Å²) in [6.07, 6.45) is 4.46. The Morgan fingerprint density at radius 3 is 3.07 bits per heavy atom. The molecule has 0 amide bonds. The Bertz CT molecular complexity index is 324. The molecule has 0 spiro atoms. The van der Waals surface area contributed by atoms with Gasteiger partial charge in [0.25, 0.3) is 0 Å². The predicted molar refractivity (Wildman–Crippen MR) is 53.8 cm³/mol. The molecule has 76 valence electrons. The van der Waals surface area contributed by atoms with E-state index in [1.54, 1.807) is 6.07 Å². The Labute approximate surface area is 87.5 Å². The first-order valence-corrected chi connectivity index (χ1v) is 5.19. The molecule has 1 saturated heterocycles. The fourth-order valence-electron chi connectivity index (χ4n) is 1.81. The van der Waals surface area contributed by atoms with E-state index in [9.17, 15) is 4.39 Å². The average molecular weight is 215 g/mol. The second kappa shape index (κ2) is 4.24. The van der Waals surface area contributed by atoms with Gasteiger partial charge < -0.3 is 5.32 Å². The lowest BCUT2D eigenvalue weighted by molar-refractivity contribution is 0.399. The van der Waals surface area contributed by atoms with E-state index >= 15 is 0 Å². The van der Waals surface area contributed by atoms with Crippen LogP contribution < -0.4 is 5.32 Å². The molecule has 0 saturated carbocycles. The maximum atomic E-state index is 13.4. The summed E-state index contributed by atoms with van der Waals surface area (Å²) in [5.41, 5.74) is 0.643. The van der Waals surface area contributed by atoms with Crippen LogP contribution in [0.2, 0.25) is 5.15 Å². The molecule has 1 aliphatic heterocycles. The molecular weight excluding hydrogens is 203 g/mol. The number of rotatable bonds is 1. The molecule has 0 bridgehead atoms. The molecule has 1 aromatic heterocycles. The van der Waals surface area contributed by atoms with Crippen LogP contribution >= 0.6 is 11.6 Å². The van der Waals surface area contributed by atoms with Crippen LogP contribution in [0.1, 0.15) is 30.9 Å². The monoisotopic (exact) mass is 214 g/mol. The van der Waals surface area contributed by atoms with Gasteiger partial charge in [0.05, 0.1) is 6.20 Å². The third-order valence-corrected chi connectivity index (χ3v) is 2.74. The molecule has 1 fully saturated rings. The van der Waals surface area contributed by atoms with E-state index in [0.29, 0.717) is 10.7 Å². The molecule has 4 heteroatoms. The van der Waals surface area contributed by atoms with Crippen molar-refractivity contribution < 1.29 is 4.39 Å².